The lowest BCUT2D eigenvalue weighted by Gasteiger charge is -2.44. The second-order valence-electron chi connectivity index (χ2n) is 5.73. The van der Waals surface area contributed by atoms with Crippen molar-refractivity contribution in [3.63, 3.8) is 0 Å². The smallest absolute Gasteiger partial charge is 0.163 e. The van der Waals surface area contributed by atoms with Crippen molar-refractivity contribution in [2.75, 3.05) is 0 Å². The van der Waals surface area contributed by atoms with Crippen LogP contribution in [0.25, 0.3) is 0 Å². The first-order valence-corrected chi connectivity index (χ1v) is 5.04. The Bertz CT molecular complexity index is 179. The Balaban J connectivity index is 2.69. The molecule has 13 heavy (non-hydrogen) atoms. The van der Waals surface area contributed by atoms with E-state index in [9.17, 15) is 0 Å². The third-order valence-electron chi connectivity index (χ3n) is 2.27. The summed E-state index contributed by atoms with van der Waals surface area (Å²) in [5.41, 5.74) is 0.0154. The molecule has 0 aliphatic carbocycles. The third-order valence-corrected chi connectivity index (χ3v) is 2.27. The highest BCUT2D eigenvalue weighted by atomic mass is 16.7. The molecule has 1 heterocycles. The van der Waals surface area contributed by atoms with E-state index in [4.69, 9.17) is 9.47 Å². The molecule has 0 saturated carbocycles. The average Bonchev–Trinajstić information content (AvgIpc) is 1.79. The average molecular weight is 186 g/mol. The molecule has 2 atom stereocenters. The highest BCUT2D eigenvalue weighted by molar-refractivity contribution is 4.81. The van der Waals surface area contributed by atoms with E-state index in [0.29, 0.717) is 6.10 Å². The summed E-state index contributed by atoms with van der Waals surface area (Å²) >= 11 is 0. The molecule has 0 aromatic rings. The van der Waals surface area contributed by atoms with Crippen molar-refractivity contribution in [2.24, 2.45) is 5.41 Å². The number of hydrogen-bond donors (Lipinski definition) is 0. The summed E-state index contributed by atoms with van der Waals surface area (Å²) in [5, 5.41) is 0. The molecule has 1 rings (SSSR count). The summed E-state index contributed by atoms with van der Waals surface area (Å²) in [4.78, 5) is 0. The van der Waals surface area contributed by atoms with Gasteiger partial charge in [-0.25, -0.2) is 0 Å². The molecule has 0 N–H and O–H groups in total. The van der Waals surface area contributed by atoms with Gasteiger partial charge in [0.25, 0.3) is 0 Å². The molecule has 1 aliphatic heterocycles. The fourth-order valence-corrected chi connectivity index (χ4v) is 1.70. The molecule has 2 nitrogen and oxygen atoms in total. The van der Waals surface area contributed by atoms with E-state index in [1.54, 1.807) is 0 Å². The maximum absolute atomic E-state index is 5.89. The maximum Gasteiger partial charge on any atom is 0.163 e. The minimum absolute atomic E-state index is 0.0460. The van der Waals surface area contributed by atoms with Gasteiger partial charge in [0.2, 0.25) is 0 Å². The van der Waals surface area contributed by atoms with Crippen molar-refractivity contribution < 1.29 is 9.47 Å². The molecule has 1 fully saturated rings. The van der Waals surface area contributed by atoms with Crippen molar-refractivity contribution >= 4 is 0 Å². The predicted molar refractivity (Wildman–Crippen MR) is 53.6 cm³/mol. The van der Waals surface area contributed by atoms with Crippen LogP contribution in [-0.2, 0) is 9.47 Å². The van der Waals surface area contributed by atoms with Crippen molar-refractivity contribution in [2.45, 2.75) is 66.0 Å². The Morgan fingerprint density at radius 3 is 2.15 bits per heavy atom. The van der Waals surface area contributed by atoms with Crippen LogP contribution in [0.3, 0.4) is 0 Å². The fraction of sp³-hybridized carbons (Fsp3) is 1.00. The number of hydrogen-bond acceptors (Lipinski definition) is 2. The van der Waals surface area contributed by atoms with Crippen LogP contribution in [-0.4, -0.2) is 18.0 Å². The zero-order chi connectivity index (χ0) is 10.3. The van der Waals surface area contributed by atoms with Gasteiger partial charge in [-0.2, -0.15) is 0 Å². The normalized spacial score (nSPS) is 34.6. The predicted octanol–water partition coefficient (Wildman–Crippen LogP) is 2.96. The molecule has 0 bridgehead atoms. The quantitative estimate of drug-likeness (QED) is 0.579. The molecular formula is C11H22O2. The first kappa shape index (κ1) is 11.0. The highest BCUT2D eigenvalue weighted by Crippen LogP contribution is 2.35. The van der Waals surface area contributed by atoms with Crippen LogP contribution in [0.1, 0.15) is 48.0 Å². The van der Waals surface area contributed by atoms with Crippen molar-refractivity contribution in [1.29, 1.82) is 0 Å². The SMILES string of the molecule is C[C@@H]1CC(C)(C)O[C@H](C(C)(C)C)O1. The molecule has 0 radical (unpaired) electrons. The van der Waals surface area contributed by atoms with Crippen molar-refractivity contribution in [3.05, 3.63) is 0 Å². The third kappa shape index (κ3) is 2.96. The molecule has 2 heteroatoms. The Labute approximate surface area is 81.6 Å². The largest absolute Gasteiger partial charge is 0.349 e. The minimum atomic E-state index is -0.0775. The summed E-state index contributed by atoms with van der Waals surface area (Å²) in [6.45, 7) is 12.8. The molecule has 1 saturated heterocycles. The number of ether oxygens (including phenoxy) is 2. The van der Waals surface area contributed by atoms with Crippen LogP contribution in [0.5, 0.6) is 0 Å². The van der Waals surface area contributed by atoms with Gasteiger partial charge >= 0.3 is 0 Å². The number of rotatable bonds is 0. The summed E-state index contributed by atoms with van der Waals surface area (Å²) in [7, 11) is 0. The van der Waals surface area contributed by atoms with Crippen LogP contribution in [0.15, 0.2) is 0 Å². The van der Waals surface area contributed by atoms with Crippen molar-refractivity contribution in [3.8, 4) is 0 Å². The summed E-state index contributed by atoms with van der Waals surface area (Å²) in [6.07, 6.45) is 1.19. The first-order valence-electron chi connectivity index (χ1n) is 5.04. The Hall–Kier alpha value is -0.0800. The zero-order valence-electron chi connectivity index (χ0n) is 9.68. The van der Waals surface area contributed by atoms with Gasteiger partial charge in [0, 0.05) is 11.8 Å². The van der Waals surface area contributed by atoms with E-state index in [-0.39, 0.29) is 17.3 Å². The van der Waals surface area contributed by atoms with Gasteiger partial charge < -0.3 is 9.47 Å². The molecule has 0 spiro atoms. The molecule has 0 aromatic heterocycles. The van der Waals surface area contributed by atoms with Gasteiger partial charge in [-0.15, -0.1) is 0 Å². The fourth-order valence-electron chi connectivity index (χ4n) is 1.70. The van der Waals surface area contributed by atoms with E-state index >= 15 is 0 Å². The van der Waals surface area contributed by atoms with Gasteiger partial charge in [0.05, 0.1) is 11.7 Å². The second kappa shape index (κ2) is 3.25. The Kier molecular flexibility index (Phi) is 2.75. The van der Waals surface area contributed by atoms with E-state index in [1.165, 1.54) is 0 Å². The van der Waals surface area contributed by atoms with Gasteiger partial charge in [-0.1, -0.05) is 20.8 Å². The van der Waals surface area contributed by atoms with E-state index in [2.05, 4.69) is 41.5 Å². The zero-order valence-corrected chi connectivity index (χ0v) is 9.68. The maximum atomic E-state index is 5.89. The standard InChI is InChI=1S/C11H22O2/c1-8-7-11(5,6)13-9(12-8)10(2,3)4/h8-9H,7H2,1-6H3/t8-,9-/m1/s1. The van der Waals surface area contributed by atoms with Crippen molar-refractivity contribution in [1.82, 2.24) is 0 Å². The van der Waals surface area contributed by atoms with Crippen LogP contribution < -0.4 is 0 Å². The molecule has 0 amide bonds. The topological polar surface area (TPSA) is 18.5 Å². The van der Waals surface area contributed by atoms with Crippen LogP contribution >= 0.6 is 0 Å². The summed E-state index contributed by atoms with van der Waals surface area (Å²) < 4.78 is 11.7. The summed E-state index contributed by atoms with van der Waals surface area (Å²) in [5.74, 6) is 0. The molecule has 0 unspecified atom stereocenters. The molecule has 1 aliphatic rings. The van der Waals surface area contributed by atoms with E-state index < -0.39 is 0 Å². The van der Waals surface area contributed by atoms with E-state index in [1.807, 2.05) is 0 Å². The van der Waals surface area contributed by atoms with Gasteiger partial charge in [0.1, 0.15) is 0 Å². The molecule has 78 valence electrons. The van der Waals surface area contributed by atoms with E-state index in [0.717, 1.165) is 6.42 Å². The lowest BCUT2D eigenvalue weighted by atomic mass is 9.92. The Morgan fingerprint density at radius 1 is 1.23 bits per heavy atom. The van der Waals surface area contributed by atoms with Crippen LogP contribution in [0, 0.1) is 5.41 Å². The van der Waals surface area contributed by atoms with Gasteiger partial charge in [-0.05, 0) is 20.8 Å². The van der Waals surface area contributed by atoms with Crippen LogP contribution in [0.4, 0.5) is 0 Å². The van der Waals surface area contributed by atoms with Gasteiger partial charge in [0.15, 0.2) is 6.29 Å². The van der Waals surface area contributed by atoms with Crippen LogP contribution in [0.2, 0.25) is 0 Å². The molecular weight excluding hydrogens is 164 g/mol. The summed E-state index contributed by atoms with van der Waals surface area (Å²) in [6, 6.07) is 0. The molecule has 0 aromatic carbocycles. The lowest BCUT2D eigenvalue weighted by molar-refractivity contribution is -0.301. The monoisotopic (exact) mass is 186 g/mol. The lowest BCUT2D eigenvalue weighted by Crippen LogP contribution is -2.48. The van der Waals surface area contributed by atoms with Gasteiger partial charge in [-0.3, -0.25) is 0 Å². The highest BCUT2D eigenvalue weighted by Gasteiger charge is 2.39. The Morgan fingerprint density at radius 2 is 1.77 bits per heavy atom. The first-order chi connectivity index (χ1) is 5.71. The minimum Gasteiger partial charge on any atom is -0.349 e. The second-order valence-corrected chi connectivity index (χ2v) is 5.73.